The summed E-state index contributed by atoms with van der Waals surface area (Å²) < 4.78 is 7.42. The van der Waals surface area contributed by atoms with Gasteiger partial charge in [-0.15, -0.1) is 10.2 Å². The number of nitrogens with zero attached hydrogens (tertiary/aromatic N) is 4. The molecule has 0 radical (unpaired) electrons. The van der Waals surface area contributed by atoms with Gasteiger partial charge in [0.05, 0.1) is 11.0 Å². The van der Waals surface area contributed by atoms with Crippen molar-refractivity contribution in [3.05, 3.63) is 54.6 Å². The Balaban J connectivity index is 1.46. The Morgan fingerprint density at radius 2 is 1.72 bits per heavy atom. The number of nitrogens with one attached hydrogen (secondary N) is 1. The number of fused-ring (bicyclic) bond motifs is 3. The molecule has 7 nitrogen and oxygen atoms in total. The molecule has 0 amide bonds. The van der Waals surface area contributed by atoms with Gasteiger partial charge in [-0.3, -0.25) is 9.20 Å². The van der Waals surface area contributed by atoms with Crippen LogP contribution in [0.4, 0.5) is 5.82 Å². The van der Waals surface area contributed by atoms with Gasteiger partial charge in [0.25, 0.3) is 0 Å². The lowest BCUT2D eigenvalue weighted by Gasteiger charge is -2.19. The van der Waals surface area contributed by atoms with E-state index in [2.05, 4.69) is 19.9 Å². The minimum absolute atomic E-state index is 0.139. The van der Waals surface area contributed by atoms with Gasteiger partial charge in [-0.25, -0.2) is 4.98 Å². The molecule has 0 spiro atoms. The summed E-state index contributed by atoms with van der Waals surface area (Å²) >= 11 is 0. The maximum absolute atomic E-state index is 11.8. The summed E-state index contributed by atoms with van der Waals surface area (Å²) in [5.74, 6) is 1.37. The second-order valence-corrected chi connectivity index (χ2v) is 8.82. The third-order valence-electron chi connectivity index (χ3n) is 5.03. The predicted molar refractivity (Wildman–Crippen MR) is 127 cm³/mol. The highest BCUT2D eigenvalue weighted by molar-refractivity contribution is 5.85. The molecule has 166 valence electrons. The minimum Gasteiger partial charge on any atom is -0.460 e. The lowest BCUT2D eigenvalue weighted by molar-refractivity contribution is -0.154. The topological polar surface area (TPSA) is 81.4 Å². The number of anilines is 1. The number of unbranched alkanes of at least 4 members (excludes halogenated alkanes) is 2. The average Bonchev–Trinajstić information content (AvgIpc) is 3.21. The Labute approximate surface area is 187 Å². The number of hydrogen-bond acceptors (Lipinski definition) is 6. The van der Waals surface area contributed by atoms with Gasteiger partial charge in [0.1, 0.15) is 5.60 Å². The van der Waals surface area contributed by atoms with Crippen LogP contribution in [-0.2, 0) is 9.53 Å². The molecule has 2 aromatic carbocycles. The Kier molecular flexibility index (Phi) is 6.35. The number of rotatable bonds is 8. The Hall–Kier alpha value is -3.48. The van der Waals surface area contributed by atoms with Crippen molar-refractivity contribution in [2.24, 2.45) is 0 Å². The van der Waals surface area contributed by atoms with E-state index >= 15 is 0 Å². The first kappa shape index (κ1) is 21.7. The molecule has 0 saturated heterocycles. The second-order valence-electron chi connectivity index (χ2n) is 8.82. The Morgan fingerprint density at radius 1 is 0.969 bits per heavy atom. The standard InChI is InChI=1S/C25H29N5O2/c1-25(2,3)32-21(31)16-8-5-11-17-26-22-24-29-28-23(18-12-6-4-7-13-18)30(24)20-15-10-9-14-19(20)27-22/h4,6-7,9-10,12-15H,5,8,11,16-17H2,1-3H3,(H,26,27). The average molecular weight is 432 g/mol. The van der Waals surface area contributed by atoms with Gasteiger partial charge in [0, 0.05) is 18.5 Å². The number of para-hydroxylation sites is 2. The quantitative estimate of drug-likeness (QED) is 0.303. The van der Waals surface area contributed by atoms with Crippen LogP contribution in [0.5, 0.6) is 0 Å². The first-order valence-corrected chi connectivity index (χ1v) is 11.1. The summed E-state index contributed by atoms with van der Waals surface area (Å²) in [6.07, 6.45) is 3.10. The van der Waals surface area contributed by atoms with Gasteiger partial charge < -0.3 is 10.1 Å². The van der Waals surface area contributed by atoms with Crippen molar-refractivity contribution in [1.82, 2.24) is 19.6 Å². The number of ether oxygens (including phenoxy) is 1. The van der Waals surface area contributed by atoms with Crippen LogP contribution in [0.1, 0.15) is 46.5 Å². The Bertz CT molecular complexity index is 1210. The molecule has 0 aliphatic rings. The molecule has 0 fully saturated rings. The van der Waals surface area contributed by atoms with Gasteiger partial charge in [-0.1, -0.05) is 48.9 Å². The fourth-order valence-corrected chi connectivity index (χ4v) is 3.65. The molecule has 1 N–H and O–H groups in total. The van der Waals surface area contributed by atoms with Crippen molar-refractivity contribution in [3.63, 3.8) is 0 Å². The molecule has 2 aromatic heterocycles. The second kappa shape index (κ2) is 9.34. The fourth-order valence-electron chi connectivity index (χ4n) is 3.65. The predicted octanol–water partition coefficient (Wildman–Crippen LogP) is 5.26. The number of aromatic nitrogens is 4. The summed E-state index contributed by atoms with van der Waals surface area (Å²) in [5, 5.41) is 12.3. The van der Waals surface area contributed by atoms with Crippen LogP contribution >= 0.6 is 0 Å². The van der Waals surface area contributed by atoms with E-state index in [0.29, 0.717) is 17.9 Å². The lowest BCUT2D eigenvalue weighted by Crippen LogP contribution is -2.23. The molecule has 0 atom stereocenters. The molecule has 32 heavy (non-hydrogen) atoms. The summed E-state index contributed by atoms with van der Waals surface area (Å²) in [6.45, 7) is 6.41. The first-order chi connectivity index (χ1) is 15.4. The van der Waals surface area contributed by atoms with Gasteiger partial charge in [-0.2, -0.15) is 0 Å². The van der Waals surface area contributed by atoms with E-state index in [1.807, 2.05) is 75.4 Å². The molecule has 7 heteroatoms. The zero-order chi connectivity index (χ0) is 22.6. The number of esters is 1. The van der Waals surface area contributed by atoms with E-state index in [1.54, 1.807) is 0 Å². The monoisotopic (exact) mass is 431 g/mol. The Morgan fingerprint density at radius 3 is 2.50 bits per heavy atom. The molecular weight excluding hydrogens is 402 g/mol. The van der Waals surface area contributed by atoms with Crippen LogP contribution < -0.4 is 5.32 Å². The first-order valence-electron chi connectivity index (χ1n) is 11.1. The summed E-state index contributed by atoms with van der Waals surface area (Å²) in [4.78, 5) is 16.6. The van der Waals surface area contributed by atoms with Crippen LogP contribution in [0, 0.1) is 0 Å². The van der Waals surface area contributed by atoms with Crippen molar-refractivity contribution < 1.29 is 9.53 Å². The third-order valence-corrected chi connectivity index (χ3v) is 5.03. The van der Waals surface area contributed by atoms with Crippen LogP contribution in [0.2, 0.25) is 0 Å². The van der Waals surface area contributed by atoms with Crippen LogP contribution in [0.15, 0.2) is 54.6 Å². The fraction of sp³-hybridized carbons (Fsp3) is 0.360. The maximum atomic E-state index is 11.8. The number of carbonyl (C=O) groups is 1. The number of benzene rings is 2. The zero-order valence-electron chi connectivity index (χ0n) is 18.8. The smallest absolute Gasteiger partial charge is 0.306 e. The summed E-state index contributed by atoms with van der Waals surface area (Å²) in [6, 6.07) is 18.0. The van der Waals surface area contributed by atoms with Crippen molar-refractivity contribution >= 4 is 28.5 Å². The third kappa shape index (κ3) is 5.04. The van der Waals surface area contributed by atoms with Crippen molar-refractivity contribution in [1.29, 1.82) is 0 Å². The molecule has 0 aliphatic carbocycles. The molecule has 0 saturated carbocycles. The van der Waals surface area contributed by atoms with E-state index in [4.69, 9.17) is 9.72 Å². The molecule has 0 aliphatic heterocycles. The highest BCUT2D eigenvalue weighted by atomic mass is 16.6. The summed E-state index contributed by atoms with van der Waals surface area (Å²) in [5.41, 5.74) is 3.13. The highest BCUT2D eigenvalue weighted by Crippen LogP contribution is 2.26. The van der Waals surface area contributed by atoms with Gasteiger partial charge >= 0.3 is 5.97 Å². The largest absolute Gasteiger partial charge is 0.460 e. The normalized spacial score (nSPS) is 11.7. The molecule has 0 unspecified atom stereocenters. The van der Waals surface area contributed by atoms with Gasteiger partial charge in [0.15, 0.2) is 11.6 Å². The van der Waals surface area contributed by atoms with Crippen molar-refractivity contribution in [2.75, 3.05) is 11.9 Å². The molecular formula is C25H29N5O2. The van der Waals surface area contributed by atoms with Crippen LogP contribution in [0.25, 0.3) is 28.1 Å². The molecule has 4 rings (SSSR count). The van der Waals surface area contributed by atoms with Gasteiger partial charge in [-0.05, 0) is 45.7 Å². The van der Waals surface area contributed by atoms with Crippen LogP contribution in [-0.4, -0.2) is 37.7 Å². The minimum atomic E-state index is -0.428. The molecule has 4 aromatic rings. The molecule has 2 heterocycles. The van der Waals surface area contributed by atoms with Crippen LogP contribution in [0.3, 0.4) is 0 Å². The number of carbonyl (C=O) groups excluding carboxylic acids is 1. The zero-order valence-corrected chi connectivity index (χ0v) is 18.8. The van der Waals surface area contributed by atoms with E-state index in [1.165, 1.54) is 0 Å². The van der Waals surface area contributed by atoms with E-state index in [0.717, 1.165) is 48.2 Å². The SMILES string of the molecule is CC(C)(C)OC(=O)CCCCCNc1nc2ccccc2n2c(-c3ccccc3)nnc12. The molecule has 0 bridgehead atoms. The highest BCUT2D eigenvalue weighted by Gasteiger charge is 2.17. The number of hydrogen-bond donors (Lipinski definition) is 1. The maximum Gasteiger partial charge on any atom is 0.306 e. The summed E-state index contributed by atoms with van der Waals surface area (Å²) in [7, 11) is 0. The van der Waals surface area contributed by atoms with Crippen molar-refractivity contribution in [3.8, 4) is 11.4 Å². The lowest BCUT2D eigenvalue weighted by atomic mass is 10.1. The van der Waals surface area contributed by atoms with E-state index in [9.17, 15) is 4.79 Å². The van der Waals surface area contributed by atoms with E-state index in [-0.39, 0.29) is 5.97 Å². The van der Waals surface area contributed by atoms with Gasteiger partial charge in [0.2, 0.25) is 5.65 Å². The van der Waals surface area contributed by atoms with E-state index < -0.39 is 5.60 Å². The van der Waals surface area contributed by atoms with Crippen molar-refractivity contribution in [2.45, 2.75) is 52.1 Å².